The van der Waals surface area contributed by atoms with Gasteiger partial charge >= 0.3 is 5.82 Å². The largest absolute Gasteiger partial charge is 0.487 e. The maximum Gasteiger partial charge on any atom is 0.381 e. The molecule has 108 valence electrons. The Labute approximate surface area is 124 Å². The third kappa shape index (κ3) is 2.25. The number of fused-ring (bicyclic) bond motifs is 1. The molecule has 2 heterocycles. The molecule has 0 saturated heterocycles. The fourth-order valence-corrected chi connectivity index (χ4v) is 2.56. The molecule has 0 bridgehead atoms. The number of hydrogen-bond donors (Lipinski definition) is 0. The predicted octanol–water partition coefficient (Wildman–Crippen LogP) is 2.65. The van der Waals surface area contributed by atoms with Gasteiger partial charge in [-0.1, -0.05) is 11.6 Å². The molecule has 1 aliphatic heterocycles. The van der Waals surface area contributed by atoms with Crippen molar-refractivity contribution in [3.63, 3.8) is 0 Å². The van der Waals surface area contributed by atoms with Crippen LogP contribution in [-0.2, 0) is 0 Å². The van der Waals surface area contributed by atoms with Gasteiger partial charge in [0.25, 0.3) is 0 Å². The van der Waals surface area contributed by atoms with Crippen LogP contribution in [0.4, 0.5) is 5.82 Å². The van der Waals surface area contributed by atoms with Crippen molar-refractivity contribution in [2.75, 3.05) is 0 Å². The monoisotopic (exact) mass is 307 g/mol. The molecule has 0 fully saturated rings. The highest BCUT2D eigenvalue weighted by Gasteiger charge is 2.37. The van der Waals surface area contributed by atoms with E-state index in [4.69, 9.17) is 16.3 Å². The molecule has 0 spiro atoms. The first kappa shape index (κ1) is 13.6. The zero-order valence-corrected chi connectivity index (χ0v) is 11.6. The number of nitro groups is 1. The molecule has 8 heteroatoms. The van der Waals surface area contributed by atoms with Crippen LogP contribution >= 0.6 is 11.6 Å². The Morgan fingerprint density at radius 3 is 2.90 bits per heavy atom. The third-order valence-electron chi connectivity index (χ3n) is 3.33. The number of nitrogens with zero attached hydrogens (tertiary/aromatic N) is 3. The van der Waals surface area contributed by atoms with Gasteiger partial charge in [0.15, 0.2) is 5.78 Å². The van der Waals surface area contributed by atoms with E-state index in [0.29, 0.717) is 16.3 Å². The lowest BCUT2D eigenvalue weighted by Gasteiger charge is -2.30. The highest BCUT2D eigenvalue weighted by atomic mass is 35.5. The van der Waals surface area contributed by atoms with Crippen LogP contribution in [0.2, 0.25) is 5.02 Å². The van der Waals surface area contributed by atoms with Crippen LogP contribution in [0, 0.1) is 10.1 Å². The summed E-state index contributed by atoms with van der Waals surface area (Å²) >= 11 is 5.90. The Morgan fingerprint density at radius 2 is 2.24 bits per heavy atom. The molecule has 0 amide bonds. The van der Waals surface area contributed by atoms with E-state index < -0.39 is 17.1 Å². The first-order chi connectivity index (χ1) is 9.97. The van der Waals surface area contributed by atoms with E-state index in [2.05, 4.69) is 4.98 Å². The number of halogens is 1. The molecule has 1 aromatic heterocycles. The minimum atomic E-state index is -0.711. The summed E-state index contributed by atoms with van der Waals surface area (Å²) in [7, 11) is 0. The molecule has 2 atom stereocenters. The predicted molar refractivity (Wildman–Crippen MR) is 73.8 cm³/mol. The van der Waals surface area contributed by atoms with Crippen molar-refractivity contribution < 1.29 is 14.5 Å². The number of Topliss-reactive ketones (excluding diaryl/α,β-unsaturated/α-hetero) is 1. The summed E-state index contributed by atoms with van der Waals surface area (Å²) < 4.78 is 7.09. The second-order valence-electron chi connectivity index (χ2n) is 4.71. The number of aromatic nitrogens is 2. The Morgan fingerprint density at radius 1 is 1.48 bits per heavy atom. The van der Waals surface area contributed by atoms with Gasteiger partial charge in [-0.2, -0.15) is 0 Å². The van der Waals surface area contributed by atoms with Crippen LogP contribution in [0.25, 0.3) is 0 Å². The third-order valence-corrected chi connectivity index (χ3v) is 3.56. The van der Waals surface area contributed by atoms with Gasteiger partial charge < -0.3 is 14.9 Å². The molecule has 0 radical (unpaired) electrons. The first-order valence-corrected chi connectivity index (χ1v) is 6.53. The minimum Gasteiger partial charge on any atom is -0.487 e. The highest BCUT2D eigenvalue weighted by molar-refractivity contribution is 6.31. The van der Waals surface area contributed by atoms with E-state index in [1.807, 2.05) is 0 Å². The topological polar surface area (TPSA) is 87.3 Å². The normalized spacial score (nSPS) is 20.8. The van der Waals surface area contributed by atoms with E-state index in [1.54, 1.807) is 19.1 Å². The highest BCUT2D eigenvalue weighted by Crippen LogP contribution is 2.35. The molecular weight excluding hydrogens is 298 g/mol. The summed E-state index contributed by atoms with van der Waals surface area (Å²) in [6, 6.07) is 4.10. The number of imidazole rings is 1. The number of hydrogen-bond acceptors (Lipinski definition) is 5. The summed E-state index contributed by atoms with van der Waals surface area (Å²) in [5.74, 6) is -0.0618. The molecule has 2 aromatic rings. The molecule has 3 rings (SSSR count). The lowest BCUT2D eigenvalue weighted by Crippen LogP contribution is -2.37. The van der Waals surface area contributed by atoms with Crippen molar-refractivity contribution in [1.82, 2.24) is 9.55 Å². The molecule has 2 unspecified atom stereocenters. The summed E-state index contributed by atoms with van der Waals surface area (Å²) in [5.41, 5.74) is 0.363. The van der Waals surface area contributed by atoms with Gasteiger partial charge in [-0.25, -0.2) is 0 Å². The number of rotatable bonds is 2. The smallest absolute Gasteiger partial charge is 0.381 e. The maximum absolute atomic E-state index is 12.6. The molecule has 0 aliphatic carbocycles. The Balaban J connectivity index is 2.03. The number of carbonyl (C=O) groups is 1. The maximum atomic E-state index is 12.6. The van der Waals surface area contributed by atoms with Crippen molar-refractivity contribution in [3.8, 4) is 5.75 Å². The lowest BCUT2D eigenvalue weighted by molar-refractivity contribution is -0.389. The SMILES string of the molecule is CC1Oc2ccc(Cl)cc2C(=O)C1n1cnc([N+](=O)[O-])c1. The van der Waals surface area contributed by atoms with E-state index in [1.165, 1.54) is 23.2 Å². The lowest BCUT2D eigenvalue weighted by atomic mass is 9.96. The van der Waals surface area contributed by atoms with E-state index >= 15 is 0 Å². The van der Waals surface area contributed by atoms with Crippen molar-refractivity contribution >= 4 is 23.2 Å². The zero-order chi connectivity index (χ0) is 15.1. The quantitative estimate of drug-likeness (QED) is 0.628. The number of ether oxygens (including phenoxy) is 1. The minimum absolute atomic E-state index is 0.210. The molecule has 21 heavy (non-hydrogen) atoms. The van der Waals surface area contributed by atoms with Gasteiger partial charge in [0.2, 0.25) is 6.33 Å². The zero-order valence-electron chi connectivity index (χ0n) is 10.9. The average molecular weight is 308 g/mol. The second-order valence-corrected chi connectivity index (χ2v) is 5.15. The first-order valence-electron chi connectivity index (χ1n) is 6.15. The van der Waals surface area contributed by atoms with E-state index in [-0.39, 0.29) is 11.6 Å². The number of benzene rings is 1. The van der Waals surface area contributed by atoms with Gasteiger partial charge in [0.05, 0.1) is 5.56 Å². The molecule has 0 N–H and O–H groups in total. The number of carbonyl (C=O) groups excluding carboxylic acids is 1. The van der Waals surface area contributed by atoms with Gasteiger partial charge in [0, 0.05) is 5.02 Å². The van der Waals surface area contributed by atoms with Crippen LogP contribution in [0.15, 0.2) is 30.7 Å². The van der Waals surface area contributed by atoms with E-state index in [0.717, 1.165) is 0 Å². The van der Waals surface area contributed by atoms with Crippen molar-refractivity contribution in [1.29, 1.82) is 0 Å². The van der Waals surface area contributed by atoms with Crippen molar-refractivity contribution in [3.05, 3.63) is 51.4 Å². The Bertz CT molecular complexity index is 743. The summed E-state index contributed by atoms with van der Waals surface area (Å²) in [6.45, 7) is 1.73. The standard InChI is InChI=1S/C13H10ClN3O4/c1-7-12(16-5-11(15-6-16)17(19)20)13(18)9-4-8(14)2-3-10(9)21-7/h2-7,12H,1H3. The molecular formula is C13H10ClN3O4. The van der Waals surface area contributed by atoms with Crippen LogP contribution in [0.1, 0.15) is 23.3 Å². The fraction of sp³-hybridized carbons (Fsp3) is 0.231. The van der Waals surface area contributed by atoms with Crippen LogP contribution in [-0.4, -0.2) is 26.4 Å². The van der Waals surface area contributed by atoms with Gasteiger partial charge in [-0.3, -0.25) is 9.36 Å². The second kappa shape index (κ2) is 4.85. The molecule has 0 saturated carbocycles. The van der Waals surface area contributed by atoms with Crippen molar-refractivity contribution in [2.45, 2.75) is 19.1 Å². The molecule has 1 aliphatic rings. The van der Waals surface area contributed by atoms with Gasteiger partial charge in [-0.15, -0.1) is 0 Å². The van der Waals surface area contributed by atoms with Gasteiger partial charge in [0.1, 0.15) is 24.1 Å². The van der Waals surface area contributed by atoms with Crippen LogP contribution < -0.4 is 4.74 Å². The summed E-state index contributed by atoms with van der Waals surface area (Å²) in [4.78, 5) is 26.4. The number of ketones is 1. The summed E-state index contributed by atoms with van der Waals surface area (Å²) in [6.07, 6.45) is 2.01. The molecule has 7 nitrogen and oxygen atoms in total. The molecule has 1 aromatic carbocycles. The van der Waals surface area contributed by atoms with Crippen LogP contribution in [0.5, 0.6) is 5.75 Å². The average Bonchev–Trinajstić information content (AvgIpc) is 2.89. The Kier molecular flexibility index (Phi) is 3.13. The summed E-state index contributed by atoms with van der Waals surface area (Å²) in [5, 5.41) is 11.1. The Hall–Kier alpha value is -2.41. The van der Waals surface area contributed by atoms with Crippen molar-refractivity contribution in [2.24, 2.45) is 0 Å². The van der Waals surface area contributed by atoms with Gasteiger partial charge in [-0.05, 0) is 35.0 Å². The van der Waals surface area contributed by atoms with Crippen LogP contribution in [0.3, 0.4) is 0 Å². The fourth-order valence-electron chi connectivity index (χ4n) is 2.38. The van der Waals surface area contributed by atoms with E-state index in [9.17, 15) is 14.9 Å².